The summed E-state index contributed by atoms with van der Waals surface area (Å²) < 4.78 is 13.5. The zero-order chi connectivity index (χ0) is 28.3. The number of aryl methyl sites for hydroxylation is 2. The van der Waals surface area contributed by atoms with Crippen LogP contribution in [0.1, 0.15) is 83.8 Å². The molecular formula is C32H37N3O4. The molecular weight excluding hydrogens is 490 g/mol. The van der Waals surface area contributed by atoms with E-state index in [0.717, 1.165) is 50.9 Å². The van der Waals surface area contributed by atoms with Gasteiger partial charge in [0, 0.05) is 35.4 Å². The molecule has 0 aliphatic carbocycles. The molecule has 3 aromatic heterocycles. The monoisotopic (exact) mass is 527 g/mol. The molecule has 5 aromatic rings. The highest BCUT2D eigenvalue weighted by atomic mass is 16.4. The highest BCUT2D eigenvalue weighted by Gasteiger charge is 2.27. The van der Waals surface area contributed by atoms with Gasteiger partial charge in [0.15, 0.2) is 0 Å². The maximum absolute atomic E-state index is 11.7. The van der Waals surface area contributed by atoms with Crippen LogP contribution in [-0.2, 0) is 23.8 Å². The second kappa shape index (κ2) is 9.40. The predicted molar refractivity (Wildman–Crippen MR) is 155 cm³/mol. The molecule has 0 bridgehead atoms. The van der Waals surface area contributed by atoms with E-state index >= 15 is 0 Å². The van der Waals surface area contributed by atoms with Crippen molar-refractivity contribution in [2.45, 2.75) is 85.1 Å². The number of aromatic nitrogens is 3. The molecule has 7 heteroatoms. The topological polar surface area (TPSA) is 94.3 Å². The SMILES string of the molecule is CC(C)c1oc2cc3oc(=O)ccc3cc2c1-c1cn(CCc2cc(C(C)(C)C)c(O)c(C(C)(C)C)c2)nn1. The lowest BCUT2D eigenvalue weighted by Gasteiger charge is -2.28. The van der Waals surface area contributed by atoms with Crippen LogP contribution in [0, 0.1) is 0 Å². The van der Waals surface area contributed by atoms with Crippen molar-refractivity contribution in [1.29, 1.82) is 0 Å². The first-order valence-electron chi connectivity index (χ1n) is 13.5. The van der Waals surface area contributed by atoms with Gasteiger partial charge >= 0.3 is 5.63 Å². The van der Waals surface area contributed by atoms with Gasteiger partial charge in [0.25, 0.3) is 0 Å². The lowest BCUT2D eigenvalue weighted by molar-refractivity contribution is 0.422. The lowest BCUT2D eigenvalue weighted by Crippen LogP contribution is -2.18. The van der Waals surface area contributed by atoms with Crippen LogP contribution in [0.3, 0.4) is 0 Å². The Bertz CT molecular complexity index is 1700. The van der Waals surface area contributed by atoms with Crippen LogP contribution in [0.2, 0.25) is 0 Å². The maximum Gasteiger partial charge on any atom is 0.336 e. The molecule has 0 unspecified atom stereocenters. The fraction of sp³-hybridized carbons (Fsp3) is 0.406. The fourth-order valence-corrected chi connectivity index (χ4v) is 5.10. The molecule has 2 aromatic carbocycles. The van der Waals surface area contributed by atoms with Gasteiger partial charge in [0.1, 0.15) is 28.4 Å². The molecule has 0 amide bonds. The van der Waals surface area contributed by atoms with Crippen LogP contribution >= 0.6 is 0 Å². The van der Waals surface area contributed by atoms with E-state index in [9.17, 15) is 9.90 Å². The van der Waals surface area contributed by atoms with Gasteiger partial charge in [-0.2, -0.15) is 0 Å². The third kappa shape index (κ3) is 5.10. The number of rotatable bonds is 5. The molecule has 39 heavy (non-hydrogen) atoms. The standard InChI is InChI=1S/C32H37N3O4/c1-18(2)30-28(21-15-20-9-10-27(36)38-25(20)16-26(21)39-30)24-17-35(34-33-24)12-11-19-13-22(31(3,4)5)29(37)23(14-19)32(6,7)8/h9-10,13-18,37H,11-12H2,1-8H3. The molecule has 7 nitrogen and oxygen atoms in total. The van der Waals surface area contributed by atoms with Crippen molar-refractivity contribution in [3.63, 3.8) is 0 Å². The molecule has 0 fully saturated rings. The molecule has 0 saturated carbocycles. The van der Waals surface area contributed by atoms with Crippen molar-refractivity contribution < 1.29 is 13.9 Å². The Morgan fingerprint density at radius 1 is 0.923 bits per heavy atom. The van der Waals surface area contributed by atoms with Gasteiger partial charge < -0.3 is 13.9 Å². The van der Waals surface area contributed by atoms with Crippen molar-refractivity contribution in [3.05, 3.63) is 75.5 Å². The Hall–Kier alpha value is -3.87. The lowest BCUT2D eigenvalue weighted by atomic mass is 9.78. The van der Waals surface area contributed by atoms with Crippen molar-refractivity contribution in [3.8, 4) is 17.0 Å². The summed E-state index contributed by atoms with van der Waals surface area (Å²) in [5.74, 6) is 1.33. The maximum atomic E-state index is 11.7. The van der Waals surface area contributed by atoms with Crippen molar-refractivity contribution in [2.75, 3.05) is 0 Å². The average Bonchev–Trinajstić information content (AvgIpc) is 3.44. The molecule has 0 radical (unpaired) electrons. The Kier molecular flexibility index (Phi) is 6.44. The summed E-state index contributed by atoms with van der Waals surface area (Å²) in [5.41, 5.74) is 5.12. The molecule has 1 N–H and O–H groups in total. The van der Waals surface area contributed by atoms with Gasteiger partial charge in [0.2, 0.25) is 0 Å². The minimum Gasteiger partial charge on any atom is -0.507 e. The van der Waals surface area contributed by atoms with Gasteiger partial charge in [-0.05, 0) is 46.1 Å². The minimum absolute atomic E-state index is 0.122. The first kappa shape index (κ1) is 26.7. The van der Waals surface area contributed by atoms with Crippen LogP contribution < -0.4 is 5.63 Å². The second-order valence-corrected chi connectivity index (χ2v) is 12.8. The first-order valence-corrected chi connectivity index (χ1v) is 13.5. The fourth-order valence-electron chi connectivity index (χ4n) is 5.10. The number of hydrogen-bond donors (Lipinski definition) is 1. The molecule has 0 spiro atoms. The van der Waals surface area contributed by atoms with Crippen LogP contribution in [0.15, 0.2) is 56.2 Å². The van der Waals surface area contributed by atoms with E-state index in [2.05, 4.69) is 77.8 Å². The number of hydrogen-bond acceptors (Lipinski definition) is 6. The first-order chi connectivity index (χ1) is 18.2. The number of benzene rings is 2. The van der Waals surface area contributed by atoms with Crippen LogP contribution in [0.4, 0.5) is 0 Å². The third-order valence-electron chi connectivity index (χ3n) is 7.19. The molecule has 204 valence electrons. The van der Waals surface area contributed by atoms with Crippen LogP contribution in [-0.4, -0.2) is 20.1 Å². The van der Waals surface area contributed by atoms with Gasteiger partial charge in [-0.25, -0.2) is 4.79 Å². The van der Waals surface area contributed by atoms with Gasteiger partial charge in [0.05, 0.1) is 11.8 Å². The number of fused-ring (bicyclic) bond motifs is 2. The smallest absolute Gasteiger partial charge is 0.336 e. The summed E-state index contributed by atoms with van der Waals surface area (Å²) in [6, 6.07) is 11.2. The van der Waals surface area contributed by atoms with Crippen LogP contribution in [0.25, 0.3) is 33.2 Å². The molecule has 5 rings (SSSR count). The summed E-state index contributed by atoms with van der Waals surface area (Å²) in [7, 11) is 0. The quantitative estimate of drug-likeness (QED) is 0.238. The normalized spacial score (nSPS) is 12.7. The number of phenolic OH excluding ortho intramolecular Hbond substituents is 1. The zero-order valence-electron chi connectivity index (χ0n) is 24.0. The Morgan fingerprint density at radius 3 is 2.21 bits per heavy atom. The van der Waals surface area contributed by atoms with Crippen molar-refractivity contribution in [1.82, 2.24) is 15.0 Å². The molecule has 3 heterocycles. The second-order valence-electron chi connectivity index (χ2n) is 12.8. The van der Waals surface area contributed by atoms with E-state index in [1.165, 1.54) is 6.07 Å². The van der Waals surface area contributed by atoms with E-state index in [4.69, 9.17) is 8.83 Å². The van der Waals surface area contributed by atoms with Gasteiger partial charge in [-0.3, -0.25) is 4.68 Å². The zero-order valence-corrected chi connectivity index (χ0v) is 24.0. The van der Waals surface area contributed by atoms with E-state index in [1.54, 1.807) is 12.1 Å². The number of furan rings is 1. The van der Waals surface area contributed by atoms with E-state index < -0.39 is 5.63 Å². The van der Waals surface area contributed by atoms with Gasteiger partial charge in [-0.15, -0.1) is 5.10 Å². The highest BCUT2D eigenvalue weighted by molar-refractivity contribution is 6.02. The van der Waals surface area contributed by atoms with Crippen LogP contribution in [0.5, 0.6) is 5.75 Å². The Labute approximate surface area is 228 Å². The van der Waals surface area contributed by atoms with Crippen molar-refractivity contribution in [2.24, 2.45) is 0 Å². The highest BCUT2D eigenvalue weighted by Crippen LogP contribution is 2.41. The van der Waals surface area contributed by atoms with Crippen molar-refractivity contribution >= 4 is 21.9 Å². The molecule has 0 aliphatic rings. The summed E-state index contributed by atoms with van der Waals surface area (Å²) in [6.45, 7) is 17.6. The van der Waals surface area contributed by atoms with E-state index in [0.29, 0.717) is 23.5 Å². The van der Waals surface area contributed by atoms with Gasteiger partial charge in [-0.1, -0.05) is 72.7 Å². The number of phenols is 1. The summed E-state index contributed by atoms with van der Waals surface area (Å²) in [6.07, 6.45) is 2.71. The summed E-state index contributed by atoms with van der Waals surface area (Å²) in [5, 5.41) is 21.8. The summed E-state index contributed by atoms with van der Waals surface area (Å²) in [4.78, 5) is 11.7. The third-order valence-corrected chi connectivity index (χ3v) is 7.19. The number of aromatic hydroxyl groups is 1. The summed E-state index contributed by atoms with van der Waals surface area (Å²) >= 11 is 0. The minimum atomic E-state index is -0.390. The molecule has 0 saturated heterocycles. The predicted octanol–water partition coefficient (Wildman–Crippen LogP) is 7.46. The number of nitrogens with zero attached hydrogens (tertiary/aromatic N) is 3. The largest absolute Gasteiger partial charge is 0.507 e. The Balaban J connectivity index is 1.50. The Morgan fingerprint density at radius 2 is 1.59 bits per heavy atom. The molecule has 0 aliphatic heterocycles. The molecule has 0 atom stereocenters. The average molecular weight is 528 g/mol. The van der Waals surface area contributed by atoms with E-state index in [-0.39, 0.29) is 16.7 Å². The van der Waals surface area contributed by atoms with E-state index in [1.807, 2.05) is 16.9 Å².